The van der Waals surface area contributed by atoms with Crippen LogP contribution in [-0.2, 0) is 9.53 Å². The lowest BCUT2D eigenvalue weighted by Gasteiger charge is -2.05. The molecule has 0 aliphatic heterocycles. The molecule has 0 heterocycles. The highest BCUT2D eigenvalue weighted by Gasteiger charge is 2.19. The van der Waals surface area contributed by atoms with Gasteiger partial charge >= 0.3 is 0 Å². The maximum Gasteiger partial charge on any atom is 0.234 e. The molecule has 1 aliphatic rings. The maximum atomic E-state index is 11.2. The molecule has 4 heteroatoms. The molecule has 0 bridgehead atoms. The first-order valence-electron chi connectivity index (χ1n) is 5.79. The minimum absolute atomic E-state index is 0.0541. The number of nitrogens with one attached hydrogen (secondary N) is 2. The summed E-state index contributed by atoms with van der Waals surface area (Å²) in [5, 5.41) is 5.91. The summed E-state index contributed by atoms with van der Waals surface area (Å²) >= 11 is 0. The summed E-state index contributed by atoms with van der Waals surface area (Å²) in [5.41, 5.74) is 0. The Balaban J connectivity index is 1.78. The Labute approximate surface area is 91.8 Å². The molecule has 0 aromatic rings. The van der Waals surface area contributed by atoms with Crippen LogP contribution in [0.4, 0.5) is 0 Å². The van der Waals surface area contributed by atoms with Crippen LogP contribution < -0.4 is 10.6 Å². The number of rotatable bonds is 9. The number of hydrogen-bond donors (Lipinski definition) is 2. The van der Waals surface area contributed by atoms with E-state index in [1.54, 1.807) is 7.11 Å². The van der Waals surface area contributed by atoms with E-state index in [4.69, 9.17) is 4.74 Å². The summed E-state index contributed by atoms with van der Waals surface area (Å²) in [6, 6.07) is 0. The molecular formula is C11H22N2O2. The third-order valence-electron chi connectivity index (χ3n) is 2.58. The van der Waals surface area contributed by atoms with Crippen molar-refractivity contribution < 1.29 is 9.53 Å². The number of carbonyl (C=O) groups excluding carboxylic acids is 1. The van der Waals surface area contributed by atoms with Gasteiger partial charge in [-0.3, -0.25) is 4.79 Å². The van der Waals surface area contributed by atoms with Crippen LogP contribution in [0.2, 0.25) is 0 Å². The van der Waals surface area contributed by atoms with E-state index in [-0.39, 0.29) is 5.91 Å². The Bertz CT molecular complexity index is 181. The fourth-order valence-corrected chi connectivity index (χ4v) is 1.48. The average Bonchev–Trinajstić information content (AvgIpc) is 3.02. The lowest BCUT2D eigenvalue weighted by atomic mass is 10.2. The smallest absolute Gasteiger partial charge is 0.234 e. The standard InChI is InChI=1S/C11H22N2O2/c1-15-8-7-13-11(14)9-12-6-2-3-10-4-5-10/h10,12H,2-9H2,1H3,(H,13,14). The lowest BCUT2D eigenvalue weighted by molar-refractivity contribution is -0.120. The first-order chi connectivity index (χ1) is 7.33. The molecule has 0 unspecified atom stereocenters. The average molecular weight is 214 g/mol. The summed E-state index contributed by atoms with van der Waals surface area (Å²) in [4.78, 5) is 11.2. The van der Waals surface area contributed by atoms with Gasteiger partial charge in [-0.1, -0.05) is 12.8 Å². The molecule has 88 valence electrons. The normalized spacial score (nSPS) is 15.3. The van der Waals surface area contributed by atoms with Gasteiger partial charge in [0.1, 0.15) is 0 Å². The SMILES string of the molecule is COCCNC(=O)CNCCCC1CC1. The summed E-state index contributed by atoms with van der Waals surface area (Å²) in [5.74, 6) is 1.04. The predicted octanol–water partition coefficient (Wildman–Crippen LogP) is 0.529. The van der Waals surface area contributed by atoms with E-state index in [1.165, 1.54) is 25.7 Å². The molecule has 1 saturated carbocycles. The van der Waals surface area contributed by atoms with E-state index in [9.17, 15) is 4.79 Å². The van der Waals surface area contributed by atoms with Gasteiger partial charge in [-0.15, -0.1) is 0 Å². The zero-order valence-corrected chi connectivity index (χ0v) is 9.55. The summed E-state index contributed by atoms with van der Waals surface area (Å²) < 4.78 is 4.83. The second-order valence-electron chi connectivity index (χ2n) is 4.11. The van der Waals surface area contributed by atoms with Gasteiger partial charge in [0, 0.05) is 13.7 Å². The van der Waals surface area contributed by atoms with Crippen LogP contribution in [0, 0.1) is 5.92 Å². The van der Waals surface area contributed by atoms with Crippen molar-refractivity contribution in [3.63, 3.8) is 0 Å². The fourth-order valence-electron chi connectivity index (χ4n) is 1.48. The zero-order chi connectivity index (χ0) is 10.9. The van der Waals surface area contributed by atoms with Crippen LogP contribution in [0.25, 0.3) is 0 Å². The largest absolute Gasteiger partial charge is 0.383 e. The molecule has 1 rings (SSSR count). The minimum atomic E-state index is 0.0541. The number of methoxy groups -OCH3 is 1. The van der Waals surface area contributed by atoms with Crippen LogP contribution in [0.5, 0.6) is 0 Å². The monoisotopic (exact) mass is 214 g/mol. The van der Waals surface area contributed by atoms with Crippen molar-refractivity contribution in [3.8, 4) is 0 Å². The Hall–Kier alpha value is -0.610. The second kappa shape index (κ2) is 7.65. The highest BCUT2D eigenvalue weighted by Crippen LogP contribution is 2.33. The van der Waals surface area contributed by atoms with Crippen LogP contribution in [0.15, 0.2) is 0 Å². The molecule has 1 aliphatic carbocycles. The molecule has 1 amide bonds. The second-order valence-corrected chi connectivity index (χ2v) is 4.11. The van der Waals surface area contributed by atoms with Gasteiger partial charge in [0.05, 0.1) is 13.2 Å². The Morgan fingerprint density at radius 2 is 2.20 bits per heavy atom. The zero-order valence-electron chi connectivity index (χ0n) is 9.55. The Kier molecular flexibility index (Phi) is 6.36. The van der Waals surface area contributed by atoms with Crippen molar-refractivity contribution >= 4 is 5.91 Å². The number of amides is 1. The minimum Gasteiger partial charge on any atom is -0.383 e. The summed E-state index contributed by atoms with van der Waals surface area (Å²) in [6.07, 6.45) is 5.34. The molecule has 2 N–H and O–H groups in total. The molecule has 0 spiro atoms. The van der Waals surface area contributed by atoms with Gasteiger partial charge in [-0.05, 0) is 25.3 Å². The van der Waals surface area contributed by atoms with Crippen LogP contribution in [0.3, 0.4) is 0 Å². The molecule has 0 aromatic carbocycles. The van der Waals surface area contributed by atoms with E-state index >= 15 is 0 Å². The number of hydrogen-bond acceptors (Lipinski definition) is 3. The van der Waals surface area contributed by atoms with E-state index < -0.39 is 0 Å². The van der Waals surface area contributed by atoms with E-state index in [0.29, 0.717) is 19.7 Å². The van der Waals surface area contributed by atoms with Crippen LogP contribution >= 0.6 is 0 Å². The molecule has 1 fully saturated rings. The lowest BCUT2D eigenvalue weighted by Crippen LogP contribution is -2.35. The third kappa shape index (κ3) is 7.33. The molecular weight excluding hydrogens is 192 g/mol. The van der Waals surface area contributed by atoms with Gasteiger partial charge in [-0.2, -0.15) is 0 Å². The van der Waals surface area contributed by atoms with Gasteiger partial charge in [0.2, 0.25) is 5.91 Å². The van der Waals surface area contributed by atoms with Gasteiger partial charge in [0.25, 0.3) is 0 Å². The van der Waals surface area contributed by atoms with Crippen molar-refractivity contribution in [3.05, 3.63) is 0 Å². The van der Waals surface area contributed by atoms with Crippen molar-refractivity contribution in [1.29, 1.82) is 0 Å². The van der Waals surface area contributed by atoms with Gasteiger partial charge in [-0.25, -0.2) is 0 Å². The maximum absolute atomic E-state index is 11.2. The van der Waals surface area contributed by atoms with Crippen molar-refractivity contribution in [2.75, 3.05) is 33.4 Å². The number of ether oxygens (including phenoxy) is 1. The molecule has 0 radical (unpaired) electrons. The molecule has 0 aromatic heterocycles. The van der Waals surface area contributed by atoms with Gasteiger partial charge < -0.3 is 15.4 Å². The molecule has 0 saturated heterocycles. The summed E-state index contributed by atoms with van der Waals surface area (Å²) in [6.45, 7) is 2.55. The van der Waals surface area contributed by atoms with E-state index in [2.05, 4.69) is 10.6 Å². The molecule has 15 heavy (non-hydrogen) atoms. The van der Waals surface area contributed by atoms with Crippen molar-refractivity contribution in [2.24, 2.45) is 5.92 Å². The Morgan fingerprint density at radius 1 is 1.40 bits per heavy atom. The van der Waals surface area contributed by atoms with Crippen molar-refractivity contribution in [1.82, 2.24) is 10.6 Å². The summed E-state index contributed by atoms with van der Waals surface area (Å²) in [7, 11) is 1.63. The van der Waals surface area contributed by atoms with Crippen molar-refractivity contribution in [2.45, 2.75) is 25.7 Å². The number of carbonyl (C=O) groups is 1. The highest BCUT2D eigenvalue weighted by atomic mass is 16.5. The predicted molar refractivity (Wildman–Crippen MR) is 59.7 cm³/mol. The highest BCUT2D eigenvalue weighted by molar-refractivity contribution is 5.77. The quantitative estimate of drug-likeness (QED) is 0.550. The first-order valence-corrected chi connectivity index (χ1v) is 5.79. The van der Waals surface area contributed by atoms with E-state index in [0.717, 1.165) is 12.5 Å². The first kappa shape index (κ1) is 12.5. The molecule has 4 nitrogen and oxygen atoms in total. The molecule has 0 atom stereocenters. The van der Waals surface area contributed by atoms with Crippen LogP contribution in [-0.4, -0.2) is 39.3 Å². The Morgan fingerprint density at radius 3 is 2.87 bits per heavy atom. The topological polar surface area (TPSA) is 50.4 Å². The fraction of sp³-hybridized carbons (Fsp3) is 0.909. The third-order valence-corrected chi connectivity index (χ3v) is 2.58. The van der Waals surface area contributed by atoms with Gasteiger partial charge in [0.15, 0.2) is 0 Å². The van der Waals surface area contributed by atoms with Crippen LogP contribution in [0.1, 0.15) is 25.7 Å². The van der Waals surface area contributed by atoms with E-state index in [1.807, 2.05) is 0 Å².